The summed E-state index contributed by atoms with van der Waals surface area (Å²) in [6, 6.07) is 9.88. The molecule has 0 spiro atoms. The van der Waals surface area contributed by atoms with Crippen molar-refractivity contribution in [3.05, 3.63) is 54.6 Å². The number of benzene rings is 1. The molecular weight excluding hydrogens is 437 g/mol. The SMILES string of the molecule is O=C(OCC(=O)N1CCn2nc(-c3ccc(F)cc3)c(-c3ccncc3)c2N1)C1CCCCC1. The van der Waals surface area contributed by atoms with Crippen LogP contribution >= 0.6 is 0 Å². The fourth-order valence-corrected chi connectivity index (χ4v) is 4.57. The molecule has 1 aliphatic carbocycles. The van der Waals surface area contributed by atoms with Gasteiger partial charge in [-0.25, -0.2) is 9.07 Å². The van der Waals surface area contributed by atoms with Crippen LogP contribution in [0.15, 0.2) is 48.8 Å². The van der Waals surface area contributed by atoms with E-state index in [1.165, 1.54) is 17.1 Å². The van der Waals surface area contributed by atoms with E-state index in [-0.39, 0.29) is 30.2 Å². The number of nitrogens with one attached hydrogen (secondary N) is 1. The van der Waals surface area contributed by atoms with E-state index >= 15 is 0 Å². The van der Waals surface area contributed by atoms with E-state index < -0.39 is 0 Å². The number of rotatable bonds is 5. The van der Waals surface area contributed by atoms with Crippen molar-refractivity contribution in [1.82, 2.24) is 19.8 Å². The average Bonchev–Trinajstić information content (AvgIpc) is 3.27. The van der Waals surface area contributed by atoms with Gasteiger partial charge in [0.25, 0.3) is 5.91 Å². The molecule has 0 bridgehead atoms. The summed E-state index contributed by atoms with van der Waals surface area (Å²) >= 11 is 0. The number of hydrogen-bond donors (Lipinski definition) is 1. The molecule has 1 amide bonds. The van der Waals surface area contributed by atoms with Gasteiger partial charge in [0.2, 0.25) is 0 Å². The zero-order valence-corrected chi connectivity index (χ0v) is 18.7. The van der Waals surface area contributed by atoms with Crippen molar-refractivity contribution in [1.29, 1.82) is 0 Å². The fourth-order valence-electron chi connectivity index (χ4n) is 4.57. The minimum atomic E-state index is -0.323. The van der Waals surface area contributed by atoms with Gasteiger partial charge in [0.05, 0.1) is 24.6 Å². The molecule has 1 fully saturated rings. The molecule has 0 unspecified atom stereocenters. The molecule has 8 nitrogen and oxygen atoms in total. The van der Waals surface area contributed by atoms with Gasteiger partial charge in [-0.1, -0.05) is 19.3 Å². The predicted octanol–water partition coefficient (Wildman–Crippen LogP) is 4.04. The predicted molar refractivity (Wildman–Crippen MR) is 124 cm³/mol. The van der Waals surface area contributed by atoms with Crippen molar-refractivity contribution in [2.24, 2.45) is 5.92 Å². The number of pyridine rings is 1. The van der Waals surface area contributed by atoms with Crippen molar-refractivity contribution in [2.45, 2.75) is 38.6 Å². The number of carbonyl (C=O) groups excluding carboxylic acids is 2. The molecule has 3 aromatic rings. The normalized spacial score (nSPS) is 16.0. The first kappa shape index (κ1) is 22.1. The van der Waals surface area contributed by atoms with Gasteiger partial charge in [0.15, 0.2) is 12.4 Å². The third kappa shape index (κ3) is 4.50. The molecule has 176 valence electrons. The largest absolute Gasteiger partial charge is 0.455 e. The first-order valence-electron chi connectivity index (χ1n) is 11.6. The Morgan fingerprint density at radius 3 is 2.47 bits per heavy atom. The smallest absolute Gasteiger partial charge is 0.309 e. The lowest BCUT2D eigenvalue weighted by molar-refractivity contribution is -0.156. The second kappa shape index (κ2) is 9.62. The third-order valence-electron chi connectivity index (χ3n) is 6.39. The molecule has 0 atom stereocenters. The highest BCUT2D eigenvalue weighted by molar-refractivity contribution is 5.90. The number of anilines is 1. The van der Waals surface area contributed by atoms with Crippen molar-refractivity contribution in [3.63, 3.8) is 0 Å². The van der Waals surface area contributed by atoms with Crippen LogP contribution in [0, 0.1) is 11.7 Å². The maximum atomic E-state index is 13.5. The zero-order chi connectivity index (χ0) is 23.5. The van der Waals surface area contributed by atoms with Gasteiger partial charge in [-0.2, -0.15) is 5.10 Å². The lowest BCUT2D eigenvalue weighted by Crippen LogP contribution is -2.45. The van der Waals surface area contributed by atoms with Gasteiger partial charge in [0.1, 0.15) is 11.5 Å². The third-order valence-corrected chi connectivity index (χ3v) is 6.39. The summed E-state index contributed by atoms with van der Waals surface area (Å²) in [5.41, 5.74) is 6.25. The minimum Gasteiger partial charge on any atom is -0.455 e. The summed E-state index contributed by atoms with van der Waals surface area (Å²) in [6.07, 6.45) is 8.23. The number of halogens is 1. The number of carbonyl (C=O) groups is 2. The van der Waals surface area contributed by atoms with Gasteiger partial charge in [0, 0.05) is 18.0 Å². The molecule has 1 N–H and O–H groups in total. The fraction of sp³-hybridized carbons (Fsp3) is 0.360. The number of hydrazine groups is 1. The summed E-state index contributed by atoms with van der Waals surface area (Å²) in [5.74, 6) is -0.389. The monoisotopic (exact) mass is 463 g/mol. The maximum Gasteiger partial charge on any atom is 0.309 e. The Morgan fingerprint density at radius 1 is 1.00 bits per heavy atom. The molecule has 34 heavy (non-hydrogen) atoms. The molecule has 1 saturated carbocycles. The highest BCUT2D eigenvalue weighted by Gasteiger charge is 2.29. The number of fused-ring (bicyclic) bond motifs is 1. The second-order valence-electron chi connectivity index (χ2n) is 8.64. The molecule has 3 heterocycles. The van der Waals surface area contributed by atoms with E-state index in [2.05, 4.69) is 10.4 Å². The quantitative estimate of drug-likeness (QED) is 0.575. The number of esters is 1. The molecule has 2 aliphatic rings. The van der Waals surface area contributed by atoms with E-state index in [9.17, 15) is 14.0 Å². The average molecular weight is 464 g/mol. The lowest BCUT2D eigenvalue weighted by Gasteiger charge is -2.30. The van der Waals surface area contributed by atoms with E-state index in [0.29, 0.717) is 24.6 Å². The van der Waals surface area contributed by atoms with E-state index in [1.807, 2.05) is 12.1 Å². The van der Waals surface area contributed by atoms with Crippen molar-refractivity contribution in [2.75, 3.05) is 18.6 Å². The molecule has 0 saturated heterocycles. The summed E-state index contributed by atoms with van der Waals surface area (Å²) < 4.78 is 20.7. The van der Waals surface area contributed by atoms with Crippen molar-refractivity contribution >= 4 is 17.7 Å². The first-order chi connectivity index (χ1) is 16.6. The van der Waals surface area contributed by atoms with Crippen LogP contribution in [0.1, 0.15) is 32.1 Å². The van der Waals surface area contributed by atoms with E-state index in [4.69, 9.17) is 9.84 Å². The number of hydrogen-bond acceptors (Lipinski definition) is 6. The highest BCUT2D eigenvalue weighted by Crippen LogP contribution is 2.39. The van der Waals surface area contributed by atoms with Gasteiger partial charge >= 0.3 is 5.97 Å². The zero-order valence-electron chi connectivity index (χ0n) is 18.7. The van der Waals surface area contributed by atoms with E-state index in [1.54, 1.807) is 29.2 Å². The van der Waals surface area contributed by atoms with Crippen molar-refractivity contribution in [3.8, 4) is 22.4 Å². The Bertz CT molecular complexity index is 1170. The van der Waals surface area contributed by atoms with Crippen molar-refractivity contribution < 1.29 is 18.7 Å². The molecule has 0 radical (unpaired) electrons. The number of aromatic nitrogens is 3. The standard InChI is InChI=1S/C25H26FN5O3/c26-20-8-6-18(7-9-20)23-22(17-10-12-27-13-11-17)24-29-30(14-15-31(24)28-23)21(32)16-34-25(33)19-4-2-1-3-5-19/h6-13,19,29H,1-5,14-16H2. The number of amides is 1. The molecule has 1 aliphatic heterocycles. The molecule has 9 heteroatoms. The molecule has 1 aromatic carbocycles. The Labute approximate surface area is 196 Å². The lowest BCUT2D eigenvalue weighted by atomic mass is 9.89. The molecule has 5 rings (SSSR count). The molecule has 2 aromatic heterocycles. The van der Waals surface area contributed by atoms with Crippen LogP contribution in [0.5, 0.6) is 0 Å². The Hall–Kier alpha value is -3.75. The van der Waals surface area contributed by atoms with E-state index in [0.717, 1.165) is 48.8 Å². The second-order valence-corrected chi connectivity index (χ2v) is 8.64. The summed E-state index contributed by atoms with van der Waals surface area (Å²) in [7, 11) is 0. The Balaban J connectivity index is 1.37. The summed E-state index contributed by atoms with van der Waals surface area (Å²) in [6.45, 7) is 0.531. The first-order valence-corrected chi connectivity index (χ1v) is 11.6. The van der Waals surface area contributed by atoms with Crippen LogP contribution in [0.2, 0.25) is 0 Å². The number of nitrogens with zero attached hydrogens (tertiary/aromatic N) is 4. The number of ether oxygens (including phenoxy) is 1. The highest BCUT2D eigenvalue weighted by atomic mass is 19.1. The Morgan fingerprint density at radius 2 is 1.74 bits per heavy atom. The topological polar surface area (TPSA) is 89.4 Å². The van der Waals surface area contributed by atoms with Crippen LogP contribution in [-0.2, 0) is 20.9 Å². The van der Waals surface area contributed by atoms with Crippen LogP contribution in [0.25, 0.3) is 22.4 Å². The van der Waals surface area contributed by atoms with Gasteiger partial charge in [-0.05, 0) is 54.8 Å². The van der Waals surface area contributed by atoms with Crippen LogP contribution in [0.3, 0.4) is 0 Å². The summed E-state index contributed by atoms with van der Waals surface area (Å²) in [5, 5.41) is 6.21. The van der Waals surface area contributed by atoms with Crippen LogP contribution < -0.4 is 5.43 Å². The van der Waals surface area contributed by atoms with Gasteiger partial charge in [-0.3, -0.25) is 25.0 Å². The molecular formula is C25H26FN5O3. The van der Waals surface area contributed by atoms with Gasteiger partial charge in [-0.15, -0.1) is 0 Å². The summed E-state index contributed by atoms with van der Waals surface area (Å²) in [4.78, 5) is 29.3. The Kier molecular flexibility index (Phi) is 6.24. The van der Waals surface area contributed by atoms with Crippen LogP contribution in [-0.4, -0.2) is 44.8 Å². The van der Waals surface area contributed by atoms with Gasteiger partial charge < -0.3 is 4.74 Å². The van der Waals surface area contributed by atoms with Crippen LogP contribution in [0.4, 0.5) is 10.2 Å². The minimum absolute atomic E-state index is 0.103. The maximum absolute atomic E-state index is 13.5.